The molecule has 0 amide bonds. The third-order valence-electron chi connectivity index (χ3n) is 1.88. The predicted molar refractivity (Wildman–Crippen MR) is 53.5 cm³/mol. The maximum atomic E-state index is 10.9. The van der Waals surface area contributed by atoms with Gasteiger partial charge in [0, 0.05) is 6.42 Å². The molecule has 0 aliphatic heterocycles. The van der Waals surface area contributed by atoms with Gasteiger partial charge in [-0.1, -0.05) is 23.7 Å². The minimum atomic E-state index is -0.288. The number of carbonyl (C=O) groups is 1. The first kappa shape index (κ1) is 10.9. The largest absolute Gasteiger partial charge is 0.506 e. The summed E-state index contributed by atoms with van der Waals surface area (Å²) >= 11 is 5.82. The van der Waals surface area contributed by atoms with Crippen LogP contribution in [0.4, 0.5) is 0 Å². The number of ether oxygens (including phenoxy) is 1. The summed E-state index contributed by atoms with van der Waals surface area (Å²) < 4.78 is 4.50. The summed E-state index contributed by atoms with van der Waals surface area (Å²) in [6.45, 7) is 0. The van der Waals surface area contributed by atoms with E-state index in [2.05, 4.69) is 4.74 Å². The number of methoxy groups -OCH3 is 1. The molecule has 1 rings (SSSR count). The number of aryl methyl sites for hydroxylation is 1. The molecule has 0 aliphatic rings. The predicted octanol–water partition coefficient (Wildman–Crippen LogP) is 2.15. The zero-order valence-corrected chi connectivity index (χ0v) is 8.54. The minimum absolute atomic E-state index is 0.0361. The van der Waals surface area contributed by atoms with Crippen molar-refractivity contribution in [2.75, 3.05) is 7.11 Å². The summed E-state index contributed by atoms with van der Waals surface area (Å²) in [7, 11) is 1.34. The van der Waals surface area contributed by atoms with Crippen LogP contribution < -0.4 is 0 Å². The Bertz CT molecular complexity index is 336. The van der Waals surface area contributed by atoms with E-state index in [1.54, 1.807) is 12.1 Å². The Morgan fingerprint density at radius 1 is 1.57 bits per heavy atom. The minimum Gasteiger partial charge on any atom is -0.506 e. The Labute approximate surface area is 87.3 Å². The molecule has 0 saturated heterocycles. The fourth-order valence-electron chi connectivity index (χ4n) is 1.10. The van der Waals surface area contributed by atoms with Gasteiger partial charge in [0.05, 0.1) is 12.1 Å². The number of aromatic hydroxyl groups is 1. The molecular weight excluding hydrogens is 204 g/mol. The van der Waals surface area contributed by atoms with Crippen molar-refractivity contribution >= 4 is 17.6 Å². The summed E-state index contributed by atoms with van der Waals surface area (Å²) in [6.07, 6.45) is 0.736. The van der Waals surface area contributed by atoms with Crippen LogP contribution in [0.5, 0.6) is 5.75 Å². The van der Waals surface area contributed by atoms with E-state index in [0.29, 0.717) is 11.4 Å². The maximum absolute atomic E-state index is 10.9. The molecule has 0 saturated carbocycles. The van der Waals surface area contributed by atoms with Gasteiger partial charge in [-0.25, -0.2) is 0 Å². The number of phenolic OH excluding ortho intramolecular Hbond substituents is 1. The molecule has 0 aromatic heterocycles. The quantitative estimate of drug-likeness (QED) is 0.785. The van der Waals surface area contributed by atoms with Crippen LogP contribution in [0.15, 0.2) is 18.2 Å². The van der Waals surface area contributed by atoms with Crippen molar-refractivity contribution in [3.05, 3.63) is 28.8 Å². The smallest absolute Gasteiger partial charge is 0.305 e. The van der Waals surface area contributed by atoms with Crippen molar-refractivity contribution in [1.82, 2.24) is 0 Å². The van der Waals surface area contributed by atoms with Gasteiger partial charge in [0.2, 0.25) is 0 Å². The average molecular weight is 215 g/mol. The third-order valence-corrected chi connectivity index (χ3v) is 2.32. The second-order valence-electron chi connectivity index (χ2n) is 2.83. The van der Waals surface area contributed by atoms with Crippen LogP contribution >= 0.6 is 11.6 Å². The van der Waals surface area contributed by atoms with Crippen molar-refractivity contribution in [3.63, 3.8) is 0 Å². The summed E-state index contributed by atoms with van der Waals surface area (Å²) in [4.78, 5) is 10.9. The van der Waals surface area contributed by atoms with Gasteiger partial charge in [-0.05, 0) is 18.1 Å². The second-order valence-corrected chi connectivity index (χ2v) is 3.20. The zero-order chi connectivity index (χ0) is 10.6. The summed E-state index contributed by atoms with van der Waals surface area (Å²) in [5.74, 6) is -0.251. The number of carbonyl (C=O) groups excluding carboxylic acids is 1. The van der Waals surface area contributed by atoms with E-state index in [-0.39, 0.29) is 18.1 Å². The first-order valence-electron chi connectivity index (χ1n) is 4.18. The lowest BCUT2D eigenvalue weighted by atomic mass is 10.1. The Hall–Kier alpha value is -1.22. The number of phenols is 1. The zero-order valence-electron chi connectivity index (χ0n) is 7.79. The highest BCUT2D eigenvalue weighted by Crippen LogP contribution is 2.27. The van der Waals surface area contributed by atoms with Gasteiger partial charge in [-0.2, -0.15) is 0 Å². The van der Waals surface area contributed by atoms with Crippen molar-refractivity contribution in [3.8, 4) is 5.75 Å². The Morgan fingerprint density at radius 2 is 2.29 bits per heavy atom. The van der Waals surface area contributed by atoms with Gasteiger partial charge < -0.3 is 9.84 Å². The molecule has 0 radical (unpaired) electrons. The van der Waals surface area contributed by atoms with Crippen molar-refractivity contribution in [2.24, 2.45) is 0 Å². The number of hydrogen-bond donors (Lipinski definition) is 1. The van der Waals surface area contributed by atoms with E-state index in [4.69, 9.17) is 11.6 Å². The van der Waals surface area contributed by atoms with Gasteiger partial charge in [0.1, 0.15) is 5.75 Å². The molecular formula is C10H11ClO3. The van der Waals surface area contributed by atoms with Gasteiger partial charge in [-0.15, -0.1) is 0 Å². The fourth-order valence-corrected chi connectivity index (χ4v) is 1.32. The SMILES string of the molecule is COC(=O)CCc1cccc(O)c1Cl. The molecule has 1 aromatic rings. The molecule has 76 valence electrons. The van der Waals surface area contributed by atoms with E-state index >= 15 is 0 Å². The number of rotatable bonds is 3. The topological polar surface area (TPSA) is 46.5 Å². The Balaban J connectivity index is 2.68. The normalized spacial score (nSPS) is 9.86. The molecule has 0 unspecified atom stereocenters. The first-order valence-corrected chi connectivity index (χ1v) is 4.56. The highest BCUT2D eigenvalue weighted by molar-refractivity contribution is 6.32. The summed E-state index contributed by atoms with van der Waals surface area (Å²) in [5, 5.41) is 9.58. The molecule has 0 heterocycles. The van der Waals surface area contributed by atoms with Crippen molar-refractivity contribution < 1.29 is 14.6 Å². The Morgan fingerprint density at radius 3 is 2.93 bits per heavy atom. The number of benzene rings is 1. The average Bonchev–Trinajstić information content (AvgIpc) is 2.20. The van der Waals surface area contributed by atoms with Gasteiger partial charge >= 0.3 is 5.97 Å². The number of hydrogen-bond acceptors (Lipinski definition) is 3. The molecule has 0 atom stereocenters. The van der Waals surface area contributed by atoms with Crippen LogP contribution in [0.25, 0.3) is 0 Å². The standard InChI is InChI=1S/C10H11ClO3/c1-14-9(13)6-5-7-3-2-4-8(12)10(7)11/h2-4,12H,5-6H2,1H3. The monoisotopic (exact) mass is 214 g/mol. The Kier molecular flexibility index (Phi) is 3.77. The van der Waals surface area contributed by atoms with Crippen molar-refractivity contribution in [1.29, 1.82) is 0 Å². The fraction of sp³-hybridized carbons (Fsp3) is 0.300. The lowest BCUT2D eigenvalue weighted by Crippen LogP contribution is -2.02. The van der Waals surface area contributed by atoms with Gasteiger partial charge in [-0.3, -0.25) is 4.79 Å². The van der Waals surface area contributed by atoms with E-state index in [0.717, 1.165) is 5.56 Å². The molecule has 1 aromatic carbocycles. The molecule has 0 aliphatic carbocycles. The van der Waals surface area contributed by atoms with E-state index in [9.17, 15) is 9.90 Å². The third kappa shape index (κ3) is 2.64. The van der Waals surface area contributed by atoms with Crippen LogP contribution in [-0.4, -0.2) is 18.2 Å². The van der Waals surface area contributed by atoms with Crippen LogP contribution in [-0.2, 0) is 16.0 Å². The van der Waals surface area contributed by atoms with Gasteiger partial charge in [0.15, 0.2) is 0 Å². The molecule has 14 heavy (non-hydrogen) atoms. The summed E-state index contributed by atoms with van der Waals surface area (Å²) in [6, 6.07) is 4.96. The molecule has 1 N–H and O–H groups in total. The number of halogens is 1. The van der Waals surface area contributed by atoms with E-state index < -0.39 is 0 Å². The van der Waals surface area contributed by atoms with Crippen LogP contribution in [0.3, 0.4) is 0 Å². The number of esters is 1. The molecule has 4 heteroatoms. The van der Waals surface area contributed by atoms with Crippen LogP contribution in [0.1, 0.15) is 12.0 Å². The lowest BCUT2D eigenvalue weighted by molar-refractivity contribution is -0.140. The van der Waals surface area contributed by atoms with Crippen molar-refractivity contribution in [2.45, 2.75) is 12.8 Å². The van der Waals surface area contributed by atoms with Gasteiger partial charge in [0.25, 0.3) is 0 Å². The molecule has 0 fully saturated rings. The van der Waals surface area contributed by atoms with E-state index in [1.165, 1.54) is 13.2 Å². The molecule has 0 spiro atoms. The van der Waals surface area contributed by atoms with Crippen LogP contribution in [0.2, 0.25) is 5.02 Å². The molecule has 0 bridgehead atoms. The highest BCUT2D eigenvalue weighted by Gasteiger charge is 2.07. The first-order chi connectivity index (χ1) is 6.65. The lowest BCUT2D eigenvalue weighted by Gasteiger charge is -2.04. The maximum Gasteiger partial charge on any atom is 0.305 e. The second kappa shape index (κ2) is 4.86. The molecule has 3 nitrogen and oxygen atoms in total. The van der Waals surface area contributed by atoms with E-state index in [1.807, 2.05) is 0 Å². The highest BCUT2D eigenvalue weighted by atomic mass is 35.5. The van der Waals surface area contributed by atoms with Crippen LogP contribution in [0, 0.1) is 0 Å². The summed E-state index contributed by atoms with van der Waals surface area (Å²) in [5.41, 5.74) is 0.747.